The van der Waals surface area contributed by atoms with Crippen LogP contribution in [-0.4, -0.2) is 63.2 Å². The first-order valence-electron chi connectivity index (χ1n) is 11.9. The summed E-state index contributed by atoms with van der Waals surface area (Å²) in [5, 5.41) is 1.01. The van der Waals surface area contributed by atoms with E-state index in [1.54, 1.807) is 4.57 Å². The number of hydrogen-bond acceptors (Lipinski definition) is 5. The number of rotatable bonds is 7. The molecular formula is C25H34N4O2S. The van der Waals surface area contributed by atoms with Gasteiger partial charge in [0.05, 0.1) is 16.2 Å². The number of aromatic nitrogens is 2. The zero-order valence-electron chi connectivity index (χ0n) is 19.3. The highest BCUT2D eigenvalue weighted by atomic mass is 32.2. The Morgan fingerprint density at radius 2 is 1.94 bits per heavy atom. The van der Waals surface area contributed by atoms with Crippen molar-refractivity contribution < 1.29 is 4.79 Å². The molecule has 1 aromatic carbocycles. The molecule has 1 unspecified atom stereocenters. The number of benzene rings is 1. The predicted octanol–water partition coefficient (Wildman–Crippen LogP) is 3.93. The summed E-state index contributed by atoms with van der Waals surface area (Å²) < 4.78 is 1.79. The molecule has 7 heteroatoms. The van der Waals surface area contributed by atoms with Crippen molar-refractivity contribution in [3.63, 3.8) is 0 Å². The molecule has 0 spiro atoms. The van der Waals surface area contributed by atoms with Crippen LogP contribution in [-0.2, 0) is 11.3 Å². The van der Waals surface area contributed by atoms with Crippen molar-refractivity contribution in [3.8, 4) is 0 Å². The van der Waals surface area contributed by atoms with Crippen molar-refractivity contribution in [3.05, 3.63) is 46.3 Å². The molecule has 0 bridgehead atoms. The fourth-order valence-electron chi connectivity index (χ4n) is 4.57. The molecule has 2 heterocycles. The lowest BCUT2D eigenvalue weighted by Gasteiger charge is -2.35. The summed E-state index contributed by atoms with van der Waals surface area (Å²) in [5.41, 5.74) is 2.13. The minimum atomic E-state index is -0.281. The van der Waals surface area contributed by atoms with Gasteiger partial charge in [-0.05, 0) is 57.7 Å². The van der Waals surface area contributed by atoms with E-state index in [0.29, 0.717) is 22.6 Å². The molecule has 2 aliphatic rings. The summed E-state index contributed by atoms with van der Waals surface area (Å²) in [4.78, 5) is 35.6. The van der Waals surface area contributed by atoms with E-state index in [0.717, 1.165) is 52.0 Å². The van der Waals surface area contributed by atoms with E-state index in [9.17, 15) is 9.59 Å². The molecule has 1 amide bonds. The molecule has 6 nitrogen and oxygen atoms in total. The second kappa shape index (κ2) is 10.7. The predicted molar refractivity (Wildman–Crippen MR) is 131 cm³/mol. The maximum absolute atomic E-state index is 13.3. The monoisotopic (exact) mass is 454 g/mol. The van der Waals surface area contributed by atoms with Gasteiger partial charge in [-0.2, -0.15) is 0 Å². The van der Waals surface area contributed by atoms with Crippen molar-refractivity contribution >= 4 is 28.6 Å². The second-order valence-electron chi connectivity index (χ2n) is 8.75. The zero-order chi connectivity index (χ0) is 22.5. The van der Waals surface area contributed by atoms with Crippen LogP contribution in [0.4, 0.5) is 0 Å². The Morgan fingerprint density at radius 1 is 1.16 bits per heavy atom. The number of para-hydroxylation sites is 1. The summed E-state index contributed by atoms with van der Waals surface area (Å²) in [6.07, 6.45) is 7.95. The third kappa shape index (κ3) is 5.26. The van der Waals surface area contributed by atoms with Crippen LogP contribution in [0.5, 0.6) is 0 Å². The van der Waals surface area contributed by atoms with Gasteiger partial charge in [0.1, 0.15) is 0 Å². The summed E-state index contributed by atoms with van der Waals surface area (Å²) >= 11 is 1.42. The highest BCUT2D eigenvalue weighted by Gasteiger charge is 2.26. The number of carbonyl (C=O) groups excluding carboxylic acids is 1. The Kier molecular flexibility index (Phi) is 7.68. The molecule has 1 fully saturated rings. The number of amides is 1. The second-order valence-corrected chi connectivity index (χ2v) is 10.1. The molecule has 1 aromatic heterocycles. The standard InChI is InChI=1S/C25H34N4O2S/c1-3-27-15-17-28(18-16-27)23(30)19(2)32-25-26-22-12-8-7-11-21(22)24(31)29(25)14-13-20-9-5-4-6-10-20/h7-9,11-12,19H,3-6,10,13-18H2,1-2H3. The van der Waals surface area contributed by atoms with E-state index < -0.39 is 0 Å². The topological polar surface area (TPSA) is 58.4 Å². The number of thioether (sulfide) groups is 1. The van der Waals surface area contributed by atoms with Gasteiger partial charge in [-0.1, -0.05) is 42.5 Å². The lowest BCUT2D eigenvalue weighted by atomic mass is 9.97. The van der Waals surface area contributed by atoms with Gasteiger partial charge in [0.15, 0.2) is 5.16 Å². The van der Waals surface area contributed by atoms with Crippen molar-refractivity contribution in [2.24, 2.45) is 0 Å². The summed E-state index contributed by atoms with van der Waals surface area (Å²) in [7, 11) is 0. The third-order valence-corrected chi connectivity index (χ3v) is 7.71. The molecule has 1 atom stereocenters. The van der Waals surface area contributed by atoms with Crippen LogP contribution in [0.1, 0.15) is 46.0 Å². The quantitative estimate of drug-likeness (QED) is 0.360. The summed E-state index contributed by atoms with van der Waals surface area (Å²) in [6, 6.07) is 7.51. The molecule has 1 saturated heterocycles. The fraction of sp³-hybridized carbons (Fsp3) is 0.560. The highest BCUT2D eigenvalue weighted by Crippen LogP contribution is 2.26. The van der Waals surface area contributed by atoms with Gasteiger partial charge in [-0.25, -0.2) is 4.98 Å². The molecule has 0 saturated carbocycles. The van der Waals surface area contributed by atoms with Crippen LogP contribution < -0.4 is 5.56 Å². The summed E-state index contributed by atoms with van der Waals surface area (Å²) in [6.45, 7) is 9.12. The van der Waals surface area contributed by atoms with E-state index in [1.807, 2.05) is 36.1 Å². The maximum atomic E-state index is 13.3. The molecule has 2 aromatic rings. The number of nitrogens with zero attached hydrogens (tertiary/aromatic N) is 4. The first kappa shape index (κ1) is 23.1. The molecule has 32 heavy (non-hydrogen) atoms. The molecule has 0 radical (unpaired) electrons. The van der Waals surface area contributed by atoms with Crippen LogP contribution in [0.3, 0.4) is 0 Å². The average molecular weight is 455 g/mol. The SMILES string of the molecule is CCN1CCN(C(=O)C(C)Sc2nc3ccccc3c(=O)n2CCC2=CCCCC2)CC1. The number of piperazine rings is 1. The first-order chi connectivity index (χ1) is 15.6. The van der Waals surface area contributed by atoms with Crippen LogP contribution in [0.25, 0.3) is 10.9 Å². The van der Waals surface area contributed by atoms with E-state index in [-0.39, 0.29) is 16.7 Å². The number of fused-ring (bicyclic) bond motifs is 1. The van der Waals surface area contributed by atoms with Gasteiger partial charge in [0.2, 0.25) is 5.91 Å². The Labute approximate surface area is 194 Å². The Bertz CT molecular complexity index is 1040. The number of allylic oxidation sites excluding steroid dienone is 2. The zero-order valence-corrected chi connectivity index (χ0v) is 20.1. The van der Waals surface area contributed by atoms with Gasteiger partial charge >= 0.3 is 0 Å². The number of likely N-dealkylation sites (N-methyl/N-ethyl adjacent to an activating group) is 1. The number of carbonyl (C=O) groups is 1. The van der Waals surface area contributed by atoms with Gasteiger partial charge in [0, 0.05) is 32.7 Å². The van der Waals surface area contributed by atoms with Gasteiger partial charge in [-0.3, -0.25) is 14.2 Å². The van der Waals surface area contributed by atoms with Crippen LogP contribution >= 0.6 is 11.8 Å². The average Bonchev–Trinajstić information content (AvgIpc) is 2.84. The molecule has 1 aliphatic carbocycles. The van der Waals surface area contributed by atoms with Crippen molar-refractivity contribution in [1.82, 2.24) is 19.4 Å². The largest absolute Gasteiger partial charge is 0.339 e. The molecule has 0 N–H and O–H groups in total. The van der Waals surface area contributed by atoms with E-state index in [2.05, 4.69) is 17.9 Å². The van der Waals surface area contributed by atoms with Crippen LogP contribution in [0.2, 0.25) is 0 Å². The van der Waals surface area contributed by atoms with Crippen molar-refractivity contribution in [2.75, 3.05) is 32.7 Å². The smallest absolute Gasteiger partial charge is 0.262 e. The van der Waals surface area contributed by atoms with E-state index >= 15 is 0 Å². The van der Waals surface area contributed by atoms with E-state index in [4.69, 9.17) is 4.98 Å². The Balaban J connectivity index is 1.55. The first-order valence-corrected chi connectivity index (χ1v) is 12.8. The van der Waals surface area contributed by atoms with Crippen molar-refractivity contribution in [2.45, 2.75) is 62.9 Å². The molecule has 172 valence electrons. The molecule has 1 aliphatic heterocycles. The molecular weight excluding hydrogens is 420 g/mol. The molecule has 4 rings (SSSR count). The normalized spacial score (nSPS) is 18.6. The van der Waals surface area contributed by atoms with Crippen molar-refractivity contribution in [1.29, 1.82) is 0 Å². The fourth-order valence-corrected chi connectivity index (χ4v) is 5.59. The minimum absolute atomic E-state index is 0.00859. The van der Waals surface area contributed by atoms with Crippen LogP contribution in [0, 0.1) is 0 Å². The minimum Gasteiger partial charge on any atom is -0.339 e. The number of hydrogen-bond donors (Lipinski definition) is 0. The lowest BCUT2D eigenvalue weighted by molar-refractivity contribution is -0.132. The Morgan fingerprint density at radius 3 is 2.66 bits per heavy atom. The maximum Gasteiger partial charge on any atom is 0.262 e. The Hall–Kier alpha value is -2.12. The third-order valence-electron chi connectivity index (χ3n) is 6.63. The lowest BCUT2D eigenvalue weighted by Crippen LogP contribution is -2.50. The summed E-state index contributed by atoms with van der Waals surface area (Å²) in [5.74, 6) is 0.134. The highest BCUT2D eigenvalue weighted by molar-refractivity contribution is 8.00. The van der Waals surface area contributed by atoms with Gasteiger partial charge < -0.3 is 9.80 Å². The van der Waals surface area contributed by atoms with E-state index in [1.165, 1.54) is 30.2 Å². The van der Waals surface area contributed by atoms with Crippen LogP contribution in [0.15, 0.2) is 45.9 Å². The van der Waals surface area contributed by atoms with Gasteiger partial charge in [-0.15, -0.1) is 0 Å². The van der Waals surface area contributed by atoms with Gasteiger partial charge in [0.25, 0.3) is 5.56 Å².